The van der Waals surface area contributed by atoms with E-state index in [1.807, 2.05) is 0 Å². The van der Waals surface area contributed by atoms with Gasteiger partial charge in [0.25, 0.3) is 0 Å². The van der Waals surface area contributed by atoms with Crippen LogP contribution in [0.4, 0.5) is 0 Å². The fourth-order valence-corrected chi connectivity index (χ4v) is 1.52. The molecule has 2 N–H and O–H groups in total. The Morgan fingerprint density at radius 1 is 1.18 bits per heavy atom. The lowest BCUT2D eigenvalue weighted by Gasteiger charge is -2.01. The fraction of sp³-hybridized carbons (Fsp3) is 0.0833. The largest absolute Gasteiger partial charge is 0.479 e. The summed E-state index contributed by atoms with van der Waals surface area (Å²) < 4.78 is 5.26. The lowest BCUT2D eigenvalue weighted by atomic mass is 10.2. The number of hydrogen-bond acceptors (Lipinski definition) is 3. The second kappa shape index (κ2) is 4.61. The number of benzene rings is 1. The van der Waals surface area contributed by atoms with E-state index in [9.17, 15) is 9.90 Å². The van der Waals surface area contributed by atoms with Crippen molar-refractivity contribution >= 4 is 17.6 Å². The Balaban J connectivity index is 2.29. The first-order valence-corrected chi connectivity index (χ1v) is 5.22. The molecule has 88 valence electrons. The fourth-order valence-electron chi connectivity index (χ4n) is 1.39. The molecule has 4 nitrogen and oxygen atoms in total. The smallest absolute Gasteiger partial charge is 0.340 e. The van der Waals surface area contributed by atoms with E-state index in [-0.39, 0.29) is 5.76 Å². The number of rotatable bonds is 3. The van der Waals surface area contributed by atoms with Crippen LogP contribution < -0.4 is 0 Å². The van der Waals surface area contributed by atoms with E-state index in [1.54, 1.807) is 30.3 Å². The maximum Gasteiger partial charge on any atom is 0.340 e. The summed E-state index contributed by atoms with van der Waals surface area (Å²) in [6.45, 7) is 0. The zero-order chi connectivity index (χ0) is 12.4. The lowest BCUT2D eigenvalue weighted by molar-refractivity contribution is -0.147. The van der Waals surface area contributed by atoms with Crippen molar-refractivity contribution in [2.75, 3.05) is 0 Å². The second-order valence-electron chi connectivity index (χ2n) is 3.45. The van der Waals surface area contributed by atoms with Crippen LogP contribution in [-0.2, 0) is 4.79 Å². The molecule has 1 aromatic heterocycles. The van der Waals surface area contributed by atoms with Gasteiger partial charge in [-0.05, 0) is 36.4 Å². The number of carbonyl (C=O) groups is 1. The van der Waals surface area contributed by atoms with Crippen molar-refractivity contribution in [1.29, 1.82) is 0 Å². The number of carboxylic acid groups (broad SMARTS) is 1. The van der Waals surface area contributed by atoms with Crippen LogP contribution >= 0.6 is 11.6 Å². The van der Waals surface area contributed by atoms with E-state index in [2.05, 4.69) is 0 Å². The van der Waals surface area contributed by atoms with Crippen LogP contribution in [0, 0.1) is 0 Å². The van der Waals surface area contributed by atoms with Crippen LogP contribution in [-0.4, -0.2) is 16.2 Å². The molecule has 5 heteroatoms. The molecule has 1 atom stereocenters. The average Bonchev–Trinajstić information content (AvgIpc) is 2.78. The highest BCUT2D eigenvalue weighted by Crippen LogP contribution is 2.26. The van der Waals surface area contributed by atoms with Gasteiger partial charge in [0.2, 0.25) is 6.10 Å². The highest BCUT2D eigenvalue weighted by molar-refractivity contribution is 6.30. The monoisotopic (exact) mass is 252 g/mol. The number of carboxylic acids is 1. The molecular weight excluding hydrogens is 244 g/mol. The van der Waals surface area contributed by atoms with Gasteiger partial charge in [0, 0.05) is 10.6 Å². The molecule has 0 saturated carbocycles. The van der Waals surface area contributed by atoms with Crippen molar-refractivity contribution in [3.8, 4) is 11.3 Å². The summed E-state index contributed by atoms with van der Waals surface area (Å²) in [5, 5.41) is 18.5. The third kappa shape index (κ3) is 2.49. The molecule has 2 rings (SSSR count). The molecule has 0 bridgehead atoms. The van der Waals surface area contributed by atoms with Gasteiger partial charge in [-0.1, -0.05) is 11.6 Å². The number of aliphatic hydroxyl groups excluding tert-OH is 1. The van der Waals surface area contributed by atoms with E-state index in [0.29, 0.717) is 10.8 Å². The van der Waals surface area contributed by atoms with Gasteiger partial charge < -0.3 is 14.6 Å². The van der Waals surface area contributed by atoms with Crippen molar-refractivity contribution in [2.24, 2.45) is 0 Å². The highest BCUT2D eigenvalue weighted by Gasteiger charge is 2.20. The number of halogens is 1. The second-order valence-corrected chi connectivity index (χ2v) is 3.89. The molecule has 0 aliphatic carbocycles. The summed E-state index contributed by atoms with van der Waals surface area (Å²) in [4.78, 5) is 10.6. The van der Waals surface area contributed by atoms with E-state index in [1.165, 1.54) is 6.07 Å². The zero-order valence-electron chi connectivity index (χ0n) is 8.63. The van der Waals surface area contributed by atoms with E-state index in [0.717, 1.165) is 5.56 Å². The van der Waals surface area contributed by atoms with Gasteiger partial charge in [-0.2, -0.15) is 0 Å². The van der Waals surface area contributed by atoms with Crippen molar-refractivity contribution in [2.45, 2.75) is 6.10 Å². The number of hydrogen-bond donors (Lipinski definition) is 2. The first-order chi connectivity index (χ1) is 8.08. The van der Waals surface area contributed by atoms with Gasteiger partial charge in [-0.25, -0.2) is 4.79 Å². The average molecular weight is 253 g/mol. The van der Waals surface area contributed by atoms with Gasteiger partial charge >= 0.3 is 5.97 Å². The molecule has 17 heavy (non-hydrogen) atoms. The van der Waals surface area contributed by atoms with Crippen LogP contribution in [0.1, 0.15) is 11.9 Å². The number of furan rings is 1. The van der Waals surface area contributed by atoms with E-state index < -0.39 is 12.1 Å². The summed E-state index contributed by atoms with van der Waals surface area (Å²) in [5.74, 6) is -0.860. The van der Waals surface area contributed by atoms with Gasteiger partial charge in [0.05, 0.1) is 0 Å². The Morgan fingerprint density at radius 2 is 1.82 bits per heavy atom. The minimum Gasteiger partial charge on any atom is -0.479 e. The number of aliphatic hydroxyl groups is 1. The molecule has 0 amide bonds. The van der Waals surface area contributed by atoms with Crippen LogP contribution in [0.2, 0.25) is 5.02 Å². The molecule has 0 spiro atoms. The molecule has 1 aromatic carbocycles. The molecule has 0 aliphatic rings. The van der Waals surface area contributed by atoms with Gasteiger partial charge in [-0.15, -0.1) is 0 Å². The predicted octanol–water partition coefficient (Wildman–Crippen LogP) is 2.72. The van der Waals surface area contributed by atoms with E-state index >= 15 is 0 Å². The molecule has 1 unspecified atom stereocenters. The Labute approximate surface area is 102 Å². The molecule has 0 radical (unpaired) electrons. The van der Waals surface area contributed by atoms with Crippen molar-refractivity contribution in [1.82, 2.24) is 0 Å². The van der Waals surface area contributed by atoms with Gasteiger partial charge in [-0.3, -0.25) is 0 Å². The molecule has 0 fully saturated rings. The predicted molar refractivity (Wildman–Crippen MR) is 61.7 cm³/mol. The van der Waals surface area contributed by atoms with Crippen LogP contribution in [0.3, 0.4) is 0 Å². The Hall–Kier alpha value is -1.78. The summed E-state index contributed by atoms with van der Waals surface area (Å²) in [5.41, 5.74) is 0.762. The van der Waals surface area contributed by atoms with Crippen LogP contribution in [0.15, 0.2) is 40.8 Å². The first-order valence-electron chi connectivity index (χ1n) is 4.84. The zero-order valence-corrected chi connectivity index (χ0v) is 9.39. The molecular formula is C12H9ClO4. The van der Waals surface area contributed by atoms with Crippen molar-refractivity contribution in [3.05, 3.63) is 47.2 Å². The topological polar surface area (TPSA) is 70.7 Å². The first kappa shape index (κ1) is 11.7. The molecule has 0 saturated heterocycles. The summed E-state index contributed by atoms with van der Waals surface area (Å²) in [6, 6.07) is 9.93. The summed E-state index contributed by atoms with van der Waals surface area (Å²) >= 11 is 5.75. The normalized spacial score (nSPS) is 12.4. The maximum absolute atomic E-state index is 10.6. The Morgan fingerprint density at radius 3 is 2.41 bits per heavy atom. The molecule has 1 heterocycles. The molecule has 2 aromatic rings. The quantitative estimate of drug-likeness (QED) is 0.881. The number of aliphatic carboxylic acids is 1. The highest BCUT2D eigenvalue weighted by atomic mass is 35.5. The summed E-state index contributed by atoms with van der Waals surface area (Å²) in [6.07, 6.45) is -1.64. The minimum absolute atomic E-state index is 0.00227. The summed E-state index contributed by atoms with van der Waals surface area (Å²) in [7, 11) is 0. The Kier molecular flexibility index (Phi) is 3.17. The SMILES string of the molecule is O=C(O)C(O)c1ccc(-c2ccc(Cl)cc2)o1. The van der Waals surface area contributed by atoms with Crippen molar-refractivity contribution in [3.63, 3.8) is 0 Å². The Bertz CT molecular complexity index is 530. The van der Waals surface area contributed by atoms with Gasteiger partial charge in [0.1, 0.15) is 11.5 Å². The van der Waals surface area contributed by atoms with E-state index in [4.69, 9.17) is 21.1 Å². The van der Waals surface area contributed by atoms with Crippen LogP contribution in [0.25, 0.3) is 11.3 Å². The lowest BCUT2D eigenvalue weighted by Crippen LogP contribution is -2.09. The van der Waals surface area contributed by atoms with Crippen LogP contribution in [0.5, 0.6) is 0 Å². The standard InChI is InChI=1S/C12H9ClO4/c13-8-3-1-7(2-4-8)9-5-6-10(17-9)11(14)12(15)16/h1-6,11,14H,(H,15,16). The van der Waals surface area contributed by atoms with Gasteiger partial charge in [0.15, 0.2) is 0 Å². The third-order valence-corrected chi connectivity index (χ3v) is 2.51. The van der Waals surface area contributed by atoms with Crippen molar-refractivity contribution < 1.29 is 19.4 Å². The maximum atomic E-state index is 10.6. The third-order valence-electron chi connectivity index (χ3n) is 2.26. The minimum atomic E-state index is -1.64. The molecule has 0 aliphatic heterocycles.